The van der Waals surface area contributed by atoms with Gasteiger partial charge in [-0.05, 0) is 12.5 Å². The number of aromatic nitrogens is 1. The Labute approximate surface area is 93.8 Å². The van der Waals surface area contributed by atoms with Crippen molar-refractivity contribution >= 4 is 23.3 Å². The predicted octanol–water partition coefficient (Wildman–Crippen LogP) is 1.85. The SMILES string of the molecule is CCCCNC(=O)c1cc(N)ncc1Cl. The lowest BCUT2D eigenvalue weighted by atomic mass is 10.2. The van der Waals surface area contributed by atoms with E-state index in [1.807, 2.05) is 0 Å². The molecule has 1 aromatic heterocycles. The number of hydrogen-bond donors (Lipinski definition) is 2. The molecule has 0 aliphatic carbocycles. The van der Waals surface area contributed by atoms with Crippen molar-refractivity contribution in [2.75, 3.05) is 12.3 Å². The molecule has 0 saturated heterocycles. The summed E-state index contributed by atoms with van der Waals surface area (Å²) in [5, 5.41) is 3.08. The predicted molar refractivity (Wildman–Crippen MR) is 60.9 cm³/mol. The minimum Gasteiger partial charge on any atom is -0.384 e. The van der Waals surface area contributed by atoms with E-state index in [0.717, 1.165) is 12.8 Å². The molecule has 0 atom stereocenters. The van der Waals surface area contributed by atoms with Crippen molar-refractivity contribution in [1.29, 1.82) is 0 Å². The van der Waals surface area contributed by atoms with Crippen LogP contribution in [0.4, 0.5) is 5.82 Å². The van der Waals surface area contributed by atoms with E-state index in [1.54, 1.807) is 0 Å². The summed E-state index contributed by atoms with van der Waals surface area (Å²) in [6.07, 6.45) is 3.36. The van der Waals surface area contributed by atoms with Crippen molar-refractivity contribution in [3.63, 3.8) is 0 Å². The summed E-state index contributed by atoms with van der Waals surface area (Å²) in [5.74, 6) is 0.0857. The number of pyridine rings is 1. The monoisotopic (exact) mass is 227 g/mol. The molecule has 3 N–H and O–H groups in total. The van der Waals surface area contributed by atoms with Crippen LogP contribution in [0, 0.1) is 0 Å². The van der Waals surface area contributed by atoms with Gasteiger partial charge in [-0.25, -0.2) is 4.98 Å². The molecule has 82 valence electrons. The zero-order valence-corrected chi connectivity index (χ0v) is 9.34. The summed E-state index contributed by atoms with van der Waals surface area (Å²) in [7, 11) is 0. The average Bonchev–Trinajstić information content (AvgIpc) is 2.22. The largest absolute Gasteiger partial charge is 0.384 e. The summed E-state index contributed by atoms with van der Waals surface area (Å²) < 4.78 is 0. The minimum atomic E-state index is -0.206. The van der Waals surface area contributed by atoms with Gasteiger partial charge in [0.2, 0.25) is 0 Å². The first-order chi connectivity index (χ1) is 7.15. The molecule has 1 amide bonds. The van der Waals surface area contributed by atoms with Crippen LogP contribution < -0.4 is 11.1 Å². The van der Waals surface area contributed by atoms with Gasteiger partial charge in [0.15, 0.2) is 0 Å². The molecule has 0 aliphatic heterocycles. The summed E-state index contributed by atoms with van der Waals surface area (Å²) in [6.45, 7) is 2.71. The molecule has 1 aromatic rings. The average molecular weight is 228 g/mol. The van der Waals surface area contributed by atoms with Gasteiger partial charge in [-0.1, -0.05) is 24.9 Å². The Morgan fingerprint density at radius 2 is 2.40 bits per heavy atom. The lowest BCUT2D eigenvalue weighted by Gasteiger charge is -2.06. The standard InChI is InChI=1S/C10H14ClN3O/c1-2-3-4-13-10(15)7-5-9(12)14-6-8(7)11/h5-6H,2-4H2,1H3,(H2,12,14)(H,13,15). The fourth-order valence-electron chi connectivity index (χ4n) is 1.10. The number of unbranched alkanes of at least 4 members (excludes halogenated alkanes) is 1. The third-order valence-electron chi connectivity index (χ3n) is 1.94. The summed E-state index contributed by atoms with van der Waals surface area (Å²) >= 11 is 5.82. The van der Waals surface area contributed by atoms with Crippen LogP contribution in [-0.2, 0) is 0 Å². The number of halogens is 1. The van der Waals surface area contributed by atoms with E-state index in [9.17, 15) is 4.79 Å². The van der Waals surface area contributed by atoms with Crippen LogP contribution in [0.1, 0.15) is 30.1 Å². The first-order valence-electron chi connectivity index (χ1n) is 4.84. The molecular weight excluding hydrogens is 214 g/mol. The van der Waals surface area contributed by atoms with Crippen LogP contribution in [0.3, 0.4) is 0 Å². The van der Waals surface area contributed by atoms with Crippen molar-refractivity contribution in [1.82, 2.24) is 10.3 Å². The number of nitrogens with two attached hydrogens (primary N) is 1. The lowest BCUT2D eigenvalue weighted by Crippen LogP contribution is -2.24. The molecule has 0 spiro atoms. The Morgan fingerprint density at radius 3 is 3.07 bits per heavy atom. The number of rotatable bonds is 4. The second-order valence-corrected chi connectivity index (χ2v) is 3.61. The number of carbonyl (C=O) groups excluding carboxylic acids is 1. The van der Waals surface area contributed by atoms with Gasteiger partial charge in [0.05, 0.1) is 10.6 Å². The Bertz CT molecular complexity index is 355. The molecule has 1 heterocycles. The molecule has 4 nitrogen and oxygen atoms in total. The third kappa shape index (κ3) is 3.40. The van der Waals surface area contributed by atoms with Crippen molar-refractivity contribution in [2.45, 2.75) is 19.8 Å². The number of amides is 1. The Kier molecular flexibility index (Phi) is 4.37. The number of nitrogens with one attached hydrogen (secondary N) is 1. The highest BCUT2D eigenvalue weighted by Gasteiger charge is 2.10. The molecular formula is C10H14ClN3O. The fourth-order valence-corrected chi connectivity index (χ4v) is 1.29. The van der Waals surface area contributed by atoms with Crippen molar-refractivity contribution < 1.29 is 4.79 Å². The normalized spacial score (nSPS) is 10.0. The number of nitrogen functional groups attached to an aromatic ring is 1. The van der Waals surface area contributed by atoms with Gasteiger partial charge in [0.25, 0.3) is 5.91 Å². The number of anilines is 1. The van der Waals surface area contributed by atoms with Crippen molar-refractivity contribution in [2.24, 2.45) is 0 Å². The van der Waals surface area contributed by atoms with Gasteiger partial charge in [0.1, 0.15) is 5.82 Å². The van der Waals surface area contributed by atoms with Crippen LogP contribution >= 0.6 is 11.6 Å². The molecule has 0 radical (unpaired) electrons. The first kappa shape index (κ1) is 11.8. The number of hydrogen-bond acceptors (Lipinski definition) is 3. The summed E-state index contributed by atoms with van der Waals surface area (Å²) in [6, 6.07) is 1.48. The topological polar surface area (TPSA) is 68.0 Å². The van der Waals surface area contributed by atoms with E-state index < -0.39 is 0 Å². The third-order valence-corrected chi connectivity index (χ3v) is 2.24. The van der Waals surface area contributed by atoms with Gasteiger partial charge in [0, 0.05) is 12.7 Å². The molecule has 15 heavy (non-hydrogen) atoms. The maximum absolute atomic E-state index is 11.6. The summed E-state index contributed by atoms with van der Waals surface area (Å²) in [4.78, 5) is 15.4. The highest BCUT2D eigenvalue weighted by molar-refractivity contribution is 6.33. The van der Waals surface area contributed by atoms with Crippen LogP contribution in [-0.4, -0.2) is 17.4 Å². The number of carbonyl (C=O) groups is 1. The first-order valence-corrected chi connectivity index (χ1v) is 5.22. The molecule has 5 heteroatoms. The van der Waals surface area contributed by atoms with E-state index in [1.165, 1.54) is 12.3 Å². The fraction of sp³-hybridized carbons (Fsp3) is 0.400. The zero-order chi connectivity index (χ0) is 11.3. The maximum atomic E-state index is 11.6. The molecule has 0 saturated carbocycles. The van der Waals surface area contributed by atoms with Crippen LogP contribution in [0.5, 0.6) is 0 Å². The van der Waals surface area contributed by atoms with Gasteiger partial charge < -0.3 is 11.1 Å². The zero-order valence-electron chi connectivity index (χ0n) is 8.59. The van der Waals surface area contributed by atoms with Gasteiger partial charge in [-0.3, -0.25) is 4.79 Å². The Balaban J connectivity index is 2.68. The molecule has 0 aromatic carbocycles. The Hall–Kier alpha value is -1.29. The quantitative estimate of drug-likeness (QED) is 0.772. The van der Waals surface area contributed by atoms with E-state index >= 15 is 0 Å². The van der Waals surface area contributed by atoms with Gasteiger partial charge >= 0.3 is 0 Å². The van der Waals surface area contributed by atoms with Crippen molar-refractivity contribution in [3.05, 3.63) is 22.8 Å². The lowest BCUT2D eigenvalue weighted by molar-refractivity contribution is 0.0953. The highest BCUT2D eigenvalue weighted by atomic mass is 35.5. The molecule has 1 rings (SSSR count). The minimum absolute atomic E-state index is 0.206. The smallest absolute Gasteiger partial charge is 0.252 e. The molecule has 0 unspecified atom stereocenters. The highest BCUT2D eigenvalue weighted by Crippen LogP contribution is 2.16. The van der Waals surface area contributed by atoms with E-state index in [2.05, 4.69) is 17.2 Å². The van der Waals surface area contributed by atoms with Crippen LogP contribution in [0.15, 0.2) is 12.3 Å². The second kappa shape index (κ2) is 5.56. The summed E-state index contributed by atoms with van der Waals surface area (Å²) in [5.41, 5.74) is 5.85. The van der Waals surface area contributed by atoms with Gasteiger partial charge in [-0.15, -0.1) is 0 Å². The van der Waals surface area contributed by atoms with E-state index in [0.29, 0.717) is 22.9 Å². The van der Waals surface area contributed by atoms with Gasteiger partial charge in [-0.2, -0.15) is 0 Å². The van der Waals surface area contributed by atoms with E-state index in [-0.39, 0.29) is 5.91 Å². The van der Waals surface area contributed by atoms with Crippen molar-refractivity contribution in [3.8, 4) is 0 Å². The van der Waals surface area contributed by atoms with E-state index in [4.69, 9.17) is 17.3 Å². The van der Waals surface area contributed by atoms with Crippen LogP contribution in [0.25, 0.3) is 0 Å². The van der Waals surface area contributed by atoms with Crippen LogP contribution in [0.2, 0.25) is 5.02 Å². The number of nitrogens with zero attached hydrogens (tertiary/aromatic N) is 1. The molecule has 0 bridgehead atoms. The maximum Gasteiger partial charge on any atom is 0.252 e. The molecule has 0 aliphatic rings. The Morgan fingerprint density at radius 1 is 1.67 bits per heavy atom. The second-order valence-electron chi connectivity index (χ2n) is 3.20. The molecule has 0 fully saturated rings.